The molecule has 2 amide bonds. The second kappa shape index (κ2) is 9.22. The highest BCUT2D eigenvalue weighted by molar-refractivity contribution is 7.18. The highest BCUT2D eigenvalue weighted by Crippen LogP contribution is 2.33. The van der Waals surface area contributed by atoms with Crippen molar-refractivity contribution in [1.29, 1.82) is 0 Å². The fourth-order valence-corrected chi connectivity index (χ4v) is 4.48. The average Bonchev–Trinajstić information content (AvgIpc) is 3.36. The van der Waals surface area contributed by atoms with Crippen LogP contribution in [-0.4, -0.2) is 29.4 Å². The number of alkyl halides is 3. The molecule has 0 radical (unpaired) electrons. The first-order valence-corrected chi connectivity index (χ1v) is 11.0. The summed E-state index contributed by atoms with van der Waals surface area (Å²) in [4.78, 5) is 28.5. The fourth-order valence-electron chi connectivity index (χ4n) is 3.66. The Hall–Kier alpha value is -3.40. The molecule has 0 spiro atoms. The molecule has 33 heavy (non-hydrogen) atoms. The largest absolute Gasteiger partial charge is 0.416 e. The van der Waals surface area contributed by atoms with Crippen LogP contribution in [-0.2, 0) is 28.6 Å². The highest BCUT2D eigenvalue weighted by atomic mass is 32.1. The molecule has 0 saturated carbocycles. The van der Waals surface area contributed by atoms with E-state index in [0.717, 1.165) is 33.8 Å². The number of amides is 2. The lowest BCUT2D eigenvalue weighted by Gasteiger charge is -2.19. The number of benzene rings is 2. The van der Waals surface area contributed by atoms with Gasteiger partial charge in [0.15, 0.2) is 5.13 Å². The Kier molecular flexibility index (Phi) is 6.37. The van der Waals surface area contributed by atoms with E-state index in [2.05, 4.69) is 20.9 Å². The van der Waals surface area contributed by atoms with Gasteiger partial charge in [0, 0.05) is 25.4 Å². The van der Waals surface area contributed by atoms with Crippen molar-refractivity contribution in [3.05, 3.63) is 65.4 Å². The smallest absolute Gasteiger partial charge is 0.359 e. The number of halogens is 3. The van der Waals surface area contributed by atoms with E-state index in [9.17, 15) is 22.8 Å². The summed E-state index contributed by atoms with van der Waals surface area (Å²) in [7, 11) is 0. The van der Waals surface area contributed by atoms with E-state index < -0.39 is 11.7 Å². The summed E-state index contributed by atoms with van der Waals surface area (Å²) in [5.41, 5.74) is 2.71. The molecular weight excluding hydrogens is 453 g/mol. The van der Waals surface area contributed by atoms with E-state index >= 15 is 0 Å². The summed E-state index contributed by atoms with van der Waals surface area (Å²) in [5.74, 6) is -0.249. The van der Waals surface area contributed by atoms with Gasteiger partial charge in [-0.15, -0.1) is 0 Å². The van der Waals surface area contributed by atoms with Gasteiger partial charge in [-0.1, -0.05) is 29.5 Å². The first kappa shape index (κ1) is 22.8. The van der Waals surface area contributed by atoms with Crippen LogP contribution in [0.5, 0.6) is 0 Å². The molecular formula is C23H21F3N4O2S. The van der Waals surface area contributed by atoms with Crippen LogP contribution < -0.4 is 16.0 Å². The minimum atomic E-state index is -4.38. The number of anilines is 2. The summed E-state index contributed by atoms with van der Waals surface area (Å²) < 4.78 is 38.3. The normalized spacial score (nSPS) is 13.9. The molecule has 1 aliphatic heterocycles. The van der Waals surface area contributed by atoms with Gasteiger partial charge in [0.25, 0.3) is 0 Å². The van der Waals surface area contributed by atoms with Crippen molar-refractivity contribution in [1.82, 2.24) is 10.3 Å². The van der Waals surface area contributed by atoms with Crippen molar-refractivity contribution in [2.75, 3.05) is 17.2 Å². The third-order valence-electron chi connectivity index (χ3n) is 5.19. The van der Waals surface area contributed by atoms with Gasteiger partial charge >= 0.3 is 6.18 Å². The van der Waals surface area contributed by atoms with Gasteiger partial charge in [0.1, 0.15) is 0 Å². The molecule has 10 heteroatoms. The molecule has 2 aromatic carbocycles. The van der Waals surface area contributed by atoms with Crippen LogP contribution in [0.4, 0.5) is 24.0 Å². The Balaban J connectivity index is 1.41. The fraction of sp³-hybridized carbons (Fsp3) is 0.261. The maximum Gasteiger partial charge on any atom is 0.416 e. The van der Waals surface area contributed by atoms with Gasteiger partial charge < -0.3 is 16.0 Å². The number of nitrogens with zero attached hydrogens (tertiary/aromatic N) is 1. The Morgan fingerprint density at radius 2 is 1.97 bits per heavy atom. The molecule has 3 aromatic rings. The number of carbonyl (C=O) groups is 2. The van der Waals surface area contributed by atoms with Crippen LogP contribution in [0, 0.1) is 0 Å². The number of hydrogen-bond donors (Lipinski definition) is 3. The third-order valence-corrected chi connectivity index (χ3v) is 6.20. The summed E-state index contributed by atoms with van der Waals surface area (Å²) in [6.07, 6.45) is -1.92. The van der Waals surface area contributed by atoms with Gasteiger partial charge in [-0.25, -0.2) is 4.98 Å². The molecule has 1 aliphatic rings. The van der Waals surface area contributed by atoms with Gasteiger partial charge in [-0.05, 0) is 47.4 Å². The van der Waals surface area contributed by atoms with Crippen molar-refractivity contribution in [3.63, 3.8) is 0 Å². The maximum absolute atomic E-state index is 12.8. The van der Waals surface area contributed by atoms with Crippen molar-refractivity contribution < 1.29 is 22.8 Å². The van der Waals surface area contributed by atoms with E-state index in [1.54, 1.807) is 6.20 Å². The van der Waals surface area contributed by atoms with Gasteiger partial charge in [-0.2, -0.15) is 13.2 Å². The highest BCUT2D eigenvalue weighted by Gasteiger charge is 2.30. The topological polar surface area (TPSA) is 83.1 Å². The lowest BCUT2D eigenvalue weighted by molar-refractivity contribution is -0.137. The quantitative estimate of drug-likeness (QED) is 0.472. The molecule has 4 rings (SSSR count). The van der Waals surface area contributed by atoms with Crippen LogP contribution in [0.3, 0.4) is 0 Å². The van der Waals surface area contributed by atoms with Crippen LogP contribution >= 0.6 is 11.3 Å². The molecule has 2 heterocycles. The first-order chi connectivity index (χ1) is 15.7. The van der Waals surface area contributed by atoms with Crippen LogP contribution in [0.25, 0.3) is 10.4 Å². The Labute approximate surface area is 192 Å². The van der Waals surface area contributed by atoms with Crippen molar-refractivity contribution in [3.8, 4) is 10.4 Å². The number of nitrogens with one attached hydrogen (secondary N) is 3. The summed E-state index contributed by atoms with van der Waals surface area (Å²) in [6.45, 7) is 1.75. The lowest BCUT2D eigenvalue weighted by Crippen LogP contribution is -2.40. The molecule has 1 aromatic heterocycles. The van der Waals surface area contributed by atoms with Gasteiger partial charge in [0.2, 0.25) is 11.8 Å². The SMILES string of the molecule is CC(=O)N[C@H](CNc1ncc(-c2ccc3c(c2)CC(=O)N3)s1)Cc1ccc(C(F)(F)F)cc1. The van der Waals surface area contributed by atoms with Gasteiger partial charge in [-0.3, -0.25) is 9.59 Å². The van der Waals surface area contributed by atoms with E-state index in [0.29, 0.717) is 30.1 Å². The predicted molar refractivity (Wildman–Crippen MR) is 121 cm³/mol. The number of fused-ring (bicyclic) bond motifs is 1. The average molecular weight is 475 g/mol. The van der Waals surface area contributed by atoms with E-state index in [1.807, 2.05) is 18.2 Å². The van der Waals surface area contributed by atoms with Crippen molar-refractivity contribution in [2.24, 2.45) is 0 Å². The van der Waals surface area contributed by atoms with E-state index in [-0.39, 0.29) is 17.9 Å². The zero-order chi connectivity index (χ0) is 23.6. The predicted octanol–water partition coefficient (Wildman–Crippen LogP) is 4.48. The monoisotopic (exact) mass is 474 g/mol. The van der Waals surface area contributed by atoms with Crippen molar-refractivity contribution in [2.45, 2.75) is 32.0 Å². The Bertz CT molecular complexity index is 1180. The summed E-state index contributed by atoms with van der Waals surface area (Å²) in [6, 6.07) is 10.4. The molecule has 0 aliphatic carbocycles. The maximum atomic E-state index is 12.8. The zero-order valence-electron chi connectivity index (χ0n) is 17.6. The number of thiazole rings is 1. The molecule has 6 nitrogen and oxygen atoms in total. The number of carbonyl (C=O) groups excluding carboxylic acids is 2. The molecule has 0 unspecified atom stereocenters. The first-order valence-electron chi connectivity index (χ1n) is 10.2. The number of aromatic nitrogens is 1. The Morgan fingerprint density at radius 1 is 1.21 bits per heavy atom. The Morgan fingerprint density at radius 3 is 2.67 bits per heavy atom. The summed E-state index contributed by atoms with van der Waals surface area (Å²) in [5, 5.41) is 9.49. The molecule has 0 bridgehead atoms. The molecule has 3 N–H and O–H groups in total. The zero-order valence-corrected chi connectivity index (χ0v) is 18.4. The molecule has 0 fully saturated rings. The number of rotatable bonds is 7. The third kappa shape index (κ3) is 5.70. The van der Waals surface area contributed by atoms with Crippen LogP contribution in [0.2, 0.25) is 0 Å². The minimum absolute atomic E-state index is 0.0223. The summed E-state index contributed by atoms with van der Waals surface area (Å²) >= 11 is 1.44. The van der Waals surface area contributed by atoms with Crippen LogP contribution in [0.15, 0.2) is 48.7 Å². The number of hydrogen-bond acceptors (Lipinski definition) is 5. The van der Waals surface area contributed by atoms with Crippen molar-refractivity contribution >= 4 is 34.0 Å². The minimum Gasteiger partial charge on any atom is -0.359 e. The standard InChI is InChI=1S/C23H21F3N4O2S/c1-13(31)29-18(8-14-2-5-17(6-3-14)23(24,25)26)11-27-22-28-12-20(33-22)15-4-7-19-16(9-15)10-21(32)30-19/h2-7,9,12,18H,8,10-11H2,1H3,(H,27,28)(H,29,31)(H,30,32)/t18-/m0/s1. The molecule has 0 saturated heterocycles. The van der Waals surface area contributed by atoms with E-state index in [1.165, 1.54) is 30.4 Å². The lowest BCUT2D eigenvalue weighted by atomic mass is 10.0. The van der Waals surface area contributed by atoms with Crippen LogP contribution in [0.1, 0.15) is 23.6 Å². The molecule has 1 atom stereocenters. The second-order valence-electron chi connectivity index (χ2n) is 7.80. The van der Waals surface area contributed by atoms with Gasteiger partial charge in [0.05, 0.1) is 22.9 Å². The molecule has 172 valence electrons. The van der Waals surface area contributed by atoms with E-state index in [4.69, 9.17) is 0 Å². The second-order valence-corrected chi connectivity index (χ2v) is 8.83.